The fourth-order valence-electron chi connectivity index (χ4n) is 1.54. The van der Waals surface area contributed by atoms with Crippen molar-refractivity contribution in [2.45, 2.75) is 32.2 Å². The van der Waals surface area contributed by atoms with Crippen molar-refractivity contribution in [3.63, 3.8) is 0 Å². The topological polar surface area (TPSA) is 41.9 Å². The number of carbonyl (C=O) groups excluding carboxylic acids is 1. The molecule has 0 aromatic rings. The van der Waals surface area contributed by atoms with Crippen molar-refractivity contribution in [2.24, 2.45) is 4.99 Å². The Kier molecular flexibility index (Phi) is 6.19. The molecule has 18 heavy (non-hydrogen) atoms. The van der Waals surface area contributed by atoms with Crippen molar-refractivity contribution in [3.8, 4) is 0 Å². The van der Waals surface area contributed by atoms with Gasteiger partial charge in [0.1, 0.15) is 0 Å². The van der Waals surface area contributed by atoms with E-state index in [2.05, 4.69) is 11.9 Å². The zero-order valence-electron chi connectivity index (χ0n) is 11.4. The summed E-state index contributed by atoms with van der Waals surface area (Å²) in [5.74, 6) is -0.210. The van der Waals surface area contributed by atoms with Gasteiger partial charge in [0.15, 0.2) is 0 Å². The highest BCUT2D eigenvalue weighted by Gasteiger charge is 2.17. The van der Waals surface area contributed by atoms with Crippen LogP contribution in [-0.4, -0.2) is 44.0 Å². The molecule has 1 aliphatic rings. The standard InChI is InChI=1S/C14H22N2O2/c1-4-5-9-18-14(17)12-7-6-8-13(10-12)15-11-16(2)3/h6-8,11,13H,4-5,9-10H2,1-3H3. The fraction of sp³-hybridized carbons (Fsp3) is 0.571. The molecule has 0 bridgehead atoms. The van der Waals surface area contributed by atoms with E-state index in [9.17, 15) is 4.79 Å². The van der Waals surface area contributed by atoms with Gasteiger partial charge in [-0.1, -0.05) is 31.6 Å². The first-order valence-electron chi connectivity index (χ1n) is 6.37. The summed E-state index contributed by atoms with van der Waals surface area (Å²) in [5.41, 5.74) is 0.703. The van der Waals surface area contributed by atoms with E-state index in [-0.39, 0.29) is 12.0 Å². The van der Waals surface area contributed by atoms with E-state index < -0.39 is 0 Å². The molecule has 0 aromatic heterocycles. The maximum absolute atomic E-state index is 11.8. The molecule has 0 saturated heterocycles. The molecular formula is C14H22N2O2. The summed E-state index contributed by atoms with van der Waals surface area (Å²) < 4.78 is 5.19. The van der Waals surface area contributed by atoms with Gasteiger partial charge in [0.25, 0.3) is 0 Å². The number of esters is 1. The molecule has 0 aromatic carbocycles. The summed E-state index contributed by atoms with van der Waals surface area (Å²) in [5, 5.41) is 0. The van der Waals surface area contributed by atoms with Gasteiger partial charge in [-0.15, -0.1) is 0 Å². The molecule has 4 heteroatoms. The molecule has 0 saturated carbocycles. The van der Waals surface area contributed by atoms with E-state index in [1.807, 2.05) is 37.2 Å². The lowest BCUT2D eigenvalue weighted by atomic mass is 10.0. The Morgan fingerprint density at radius 2 is 2.39 bits per heavy atom. The molecule has 4 nitrogen and oxygen atoms in total. The molecule has 100 valence electrons. The minimum atomic E-state index is -0.210. The van der Waals surface area contributed by atoms with E-state index in [4.69, 9.17) is 4.74 Å². The number of nitrogens with zero attached hydrogens (tertiary/aromatic N) is 2. The van der Waals surface area contributed by atoms with E-state index in [1.165, 1.54) is 0 Å². The number of hydrogen-bond donors (Lipinski definition) is 0. The van der Waals surface area contributed by atoms with Crippen molar-refractivity contribution in [1.29, 1.82) is 0 Å². The Balaban J connectivity index is 2.46. The first-order valence-corrected chi connectivity index (χ1v) is 6.37. The molecular weight excluding hydrogens is 228 g/mol. The first-order chi connectivity index (χ1) is 8.63. The van der Waals surface area contributed by atoms with Gasteiger partial charge in [0.05, 0.1) is 19.0 Å². The average Bonchev–Trinajstić information content (AvgIpc) is 2.37. The molecule has 1 unspecified atom stereocenters. The summed E-state index contributed by atoms with van der Waals surface area (Å²) in [6.45, 7) is 2.57. The molecule has 1 aliphatic carbocycles. The highest BCUT2D eigenvalue weighted by Crippen LogP contribution is 2.16. The van der Waals surface area contributed by atoms with Gasteiger partial charge in [-0.2, -0.15) is 0 Å². The van der Waals surface area contributed by atoms with Crippen LogP contribution in [0.4, 0.5) is 0 Å². The second kappa shape index (κ2) is 7.69. The summed E-state index contributed by atoms with van der Waals surface area (Å²) in [4.78, 5) is 18.0. The molecule has 0 amide bonds. The SMILES string of the molecule is CCCCOC(=O)C1=CC=CC(N=CN(C)C)C1. The average molecular weight is 250 g/mol. The van der Waals surface area contributed by atoms with Crippen molar-refractivity contribution in [2.75, 3.05) is 20.7 Å². The fourth-order valence-corrected chi connectivity index (χ4v) is 1.54. The predicted octanol–water partition coefficient (Wildman–Crippen LogP) is 2.17. The second-order valence-electron chi connectivity index (χ2n) is 4.57. The van der Waals surface area contributed by atoms with Crippen LogP contribution in [0.15, 0.2) is 28.8 Å². The smallest absolute Gasteiger partial charge is 0.334 e. The number of rotatable bonds is 6. The van der Waals surface area contributed by atoms with Crippen LogP contribution in [0, 0.1) is 0 Å². The Bertz CT molecular complexity index is 357. The molecule has 0 aliphatic heterocycles. The lowest BCUT2D eigenvalue weighted by molar-refractivity contribution is -0.139. The molecule has 0 spiro atoms. The summed E-state index contributed by atoms with van der Waals surface area (Å²) in [7, 11) is 3.84. The van der Waals surface area contributed by atoms with Gasteiger partial charge in [-0.05, 0) is 6.42 Å². The largest absolute Gasteiger partial charge is 0.462 e. The van der Waals surface area contributed by atoms with Crippen LogP contribution in [0.1, 0.15) is 26.2 Å². The van der Waals surface area contributed by atoms with Gasteiger partial charge < -0.3 is 9.64 Å². The van der Waals surface area contributed by atoms with Crippen LogP contribution < -0.4 is 0 Å². The third kappa shape index (κ3) is 5.17. The molecule has 0 heterocycles. The van der Waals surface area contributed by atoms with Gasteiger partial charge in [-0.3, -0.25) is 4.99 Å². The third-order valence-electron chi connectivity index (χ3n) is 2.54. The Morgan fingerprint density at radius 1 is 1.61 bits per heavy atom. The van der Waals surface area contributed by atoms with Crippen LogP contribution in [0.5, 0.6) is 0 Å². The summed E-state index contributed by atoms with van der Waals surface area (Å²) in [6.07, 6.45) is 10.0. The molecule has 1 rings (SSSR count). The predicted molar refractivity (Wildman–Crippen MR) is 73.7 cm³/mol. The number of ether oxygens (including phenoxy) is 1. The lowest BCUT2D eigenvalue weighted by Crippen LogP contribution is -2.17. The number of allylic oxidation sites excluding steroid dienone is 2. The van der Waals surface area contributed by atoms with E-state index in [0.717, 1.165) is 12.8 Å². The van der Waals surface area contributed by atoms with Crippen LogP contribution in [0.25, 0.3) is 0 Å². The zero-order chi connectivity index (χ0) is 13.4. The van der Waals surface area contributed by atoms with Crippen LogP contribution in [0.3, 0.4) is 0 Å². The molecule has 0 N–H and O–H groups in total. The lowest BCUT2D eigenvalue weighted by Gasteiger charge is -2.15. The number of unbranched alkanes of at least 4 members (excludes halogenated alkanes) is 1. The van der Waals surface area contributed by atoms with E-state index in [0.29, 0.717) is 18.6 Å². The summed E-state index contributed by atoms with van der Waals surface area (Å²) in [6, 6.07) is 0.0334. The second-order valence-corrected chi connectivity index (χ2v) is 4.57. The van der Waals surface area contributed by atoms with Gasteiger partial charge in [0, 0.05) is 26.1 Å². The minimum absolute atomic E-state index is 0.0334. The quantitative estimate of drug-likeness (QED) is 0.314. The monoisotopic (exact) mass is 250 g/mol. The van der Waals surface area contributed by atoms with Crippen LogP contribution in [-0.2, 0) is 9.53 Å². The summed E-state index contributed by atoms with van der Waals surface area (Å²) >= 11 is 0. The van der Waals surface area contributed by atoms with Crippen molar-refractivity contribution in [1.82, 2.24) is 4.90 Å². The number of hydrogen-bond acceptors (Lipinski definition) is 3. The Morgan fingerprint density at radius 3 is 3.06 bits per heavy atom. The van der Waals surface area contributed by atoms with Crippen molar-refractivity contribution < 1.29 is 9.53 Å². The molecule has 1 atom stereocenters. The first kappa shape index (κ1) is 14.5. The van der Waals surface area contributed by atoms with Gasteiger partial charge >= 0.3 is 5.97 Å². The number of carbonyl (C=O) groups is 1. The van der Waals surface area contributed by atoms with E-state index in [1.54, 1.807) is 6.34 Å². The maximum atomic E-state index is 11.8. The Hall–Kier alpha value is -1.58. The highest BCUT2D eigenvalue weighted by molar-refractivity contribution is 5.89. The maximum Gasteiger partial charge on any atom is 0.334 e. The van der Waals surface area contributed by atoms with Gasteiger partial charge in [0.2, 0.25) is 0 Å². The molecule has 0 radical (unpaired) electrons. The minimum Gasteiger partial charge on any atom is -0.462 e. The molecule has 0 fully saturated rings. The number of aliphatic imine (C=N–C) groups is 1. The van der Waals surface area contributed by atoms with Crippen LogP contribution in [0.2, 0.25) is 0 Å². The highest BCUT2D eigenvalue weighted by atomic mass is 16.5. The third-order valence-corrected chi connectivity index (χ3v) is 2.54. The van der Waals surface area contributed by atoms with Gasteiger partial charge in [-0.25, -0.2) is 4.79 Å². The van der Waals surface area contributed by atoms with E-state index >= 15 is 0 Å². The van der Waals surface area contributed by atoms with Crippen molar-refractivity contribution >= 4 is 12.3 Å². The Labute approximate surface area is 109 Å². The zero-order valence-corrected chi connectivity index (χ0v) is 11.4. The van der Waals surface area contributed by atoms with Crippen molar-refractivity contribution in [3.05, 3.63) is 23.8 Å². The van der Waals surface area contributed by atoms with Crippen LogP contribution >= 0.6 is 0 Å². The normalized spacial score (nSPS) is 18.8.